The number of ether oxygens (including phenoxy) is 1. The minimum absolute atomic E-state index is 0.0216. The third-order valence-corrected chi connectivity index (χ3v) is 4.42. The van der Waals surface area contributed by atoms with Gasteiger partial charge in [-0.15, -0.1) is 0 Å². The Morgan fingerprint density at radius 1 is 1.26 bits per heavy atom. The molecule has 0 spiro atoms. The zero-order valence-electron chi connectivity index (χ0n) is 14.4. The minimum Gasteiger partial charge on any atom is -0.468 e. The predicted octanol–water partition coefficient (Wildman–Crippen LogP) is 3.18. The molecule has 0 aliphatic heterocycles. The molecular formula is C17H19F3N4O3. The van der Waals surface area contributed by atoms with Crippen LogP contribution in [0, 0.1) is 5.41 Å². The van der Waals surface area contributed by atoms with Gasteiger partial charge < -0.3 is 19.8 Å². The fourth-order valence-corrected chi connectivity index (χ4v) is 2.59. The molecule has 0 unspecified atom stereocenters. The van der Waals surface area contributed by atoms with Crippen LogP contribution in [-0.2, 0) is 13.2 Å². The first kappa shape index (κ1) is 19.0. The van der Waals surface area contributed by atoms with Gasteiger partial charge in [-0.2, -0.15) is 13.2 Å². The Morgan fingerprint density at radius 3 is 2.74 bits per heavy atom. The van der Waals surface area contributed by atoms with Gasteiger partial charge in [0.2, 0.25) is 11.8 Å². The highest BCUT2D eigenvalue weighted by atomic mass is 19.4. The zero-order valence-corrected chi connectivity index (χ0v) is 14.4. The van der Waals surface area contributed by atoms with Gasteiger partial charge in [-0.3, -0.25) is 0 Å². The molecule has 146 valence electrons. The summed E-state index contributed by atoms with van der Waals surface area (Å²) in [5.41, 5.74) is -0.878. The summed E-state index contributed by atoms with van der Waals surface area (Å²) < 4.78 is 49.0. The molecule has 1 aliphatic carbocycles. The number of amides is 2. The second-order valence-electron chi connectivity index (χ2n) is 6.35. The Bertz CT molecular complexity index is 761. The van der Waals surface area contributed by atoms with E-state index in [2.05, 4.69) is 20.6 Å². The first-order valence-corrected chi connectivity index (χ1v) is 8.42. The summed E-state index contributed by atoms with van der Waals surface area (Å²) >= 11 is 0. The van der Waals surface area contributed by atoms with Gasteiger partial charge in [0.25, 0.3) is 0 Å². The molecule has 0 bridgehead atoms. The van der Waals surface area contributed by atoms with Gasteiger partial charge in [-0.05, 0) is 30.9 Å². The largest absolute Gasteiger partial charge is 0.468 e. The Hall–Kier alpha value is -2.78. The summed E-state index contributed by atoms with van der Waals surface area (Å²) in [6, 6.07) is 2.82. The van der Waals surface area contributed by atoms with Crippen molar-refractivity contribution in [2.24, 2.45) is 5.41 Å². The Balaban J connectivity index is 1.39. The summed E-state index contributed by atoms with van der Waals surface area (Å²) in [4.78, 5) is 19.7. The number of rotatable bonds is 8. The minimum atomic E-state index is -4.20. The van der Waals surface area contributed by atoms with Crippen LogP contribution in [0.5, 0.6) is 5.88 Å². The van der Waals surface area contributed by atoms with Crippen molar-refractivity contribution in [3.63, 3.8) is 0 Å². The second-order valence-corrected chi connectivity index (χ2v) is 6.35. The molecule has 2 amide bonds. The number of hydrogen-bond acceptors (Lipinski definition) is 5. The Kier molecular flexibility index (Phi) is 5.52. The lowest BCUT2D eigenvalue weighted by molar-refractivity contribution is -0.188. The standard InChI is InChI=1S/C17H19F3N4O3/c18-17(19,20)16(2-3-16)4-6-23-15(25)24-10-12-1-5-21-13(9-12)27-11-14-22-7-8-26-14/h1,5,7-9H,2-4,6,10-11H2,(H2,23,24,25). The van der Waals surface area contributed by atoms with E-state index in [0.29, 0.717) is 11.8 Å². The van der Waals surface area contributed by atoms with Crippen LogP contribution in [0.1, 0.15) is 30.7 Å². The highest BCUT2D eigenvalue weighted by Crippen LogP contribution is 2.59. The summed E-state index contributed by atoms with van der Waals surface area (Å²) in [5, 5.41) is 5.06. The lowest BCUT2D eigenvalue weighted by Gasteiger charge is -2.19. The summed E-state index contributed by atoms with van der Waals surface area (Å²) in [7, 11) is 0. The molecule has 3 rings (SSSR count). The predicted molar refractivity (Wildman–Crippen MR) is 87.6 cm³/mol. The number of nitrogens with one attached hydrogen (secondary N) is 2. The van der Waals surface area contributed by atoms with Crippen molar-refractivity contribution in [2.75, 3.05) is 6.54 Å². The fourth-order valence-electron chi connectivity index (χ4n) is 2.59. The van der Waals surface area contributed by atoms with Crippen LogP contribution in [0.25, 0.3) is 0 Å². The van der Waals surface area contributed by atoms with Crippen molar-refractivity contribution >= 4 is 6.03 Å². The fraction of sp³-hybridized carbons (Fsp3) is 0.471. The Morgan fingerprint density at radius 2 is 2.07 bits per heavy atom. The molecule has 10 heteroatoms. The number of oxazole rings is 1. The van der Waals surface area contributed by atoms with Crippen molar-refractivity contribution in [1.29, 1.82) is 0 Å². The number of alkyl halides is 3. The molecule has 0 atom stereocenters. The van der Waals surface area contributed by atoms with E-state index in [-0.39, 0.29) is 39.0 Å². The molecule has 1 saturated carbocycles. The molecule has 2 aromatic heterocycles. The van der Waals surface area contributed by atoms with E-state index in [9.17, 15) is 18.0 Å². The van der Waals surface area contributed by atoms with Crippen LogP contribution >= 0.6 is 0 Å². The quantitative estimate of drug-likeness (QED) is 0.730. The maximum Gasteiger partial charge on any atom is 0.394 e. The average Bonchev–Trinajstić information content (AvgIpc) is 3.25. The number of pyridine rings is 1. The number of aromatic nitrogens is 2. The van der Waals surface area contributed by atoms with Crippen LogP contribution < -0.4 is 15.4 Å². The number of carbonyl (C=O) groups excluding carboxylic acids is 1. The van der Waals surface area contributed by atoms with Gasteiger partial charge in [0.1, 0.15) is 6.26 Å². The number of carbonyl (C=O) groups is 1. The van der Waals surface area contributed by atoms with E-state index in [1.807, 2.05) is 0 Å². The van der Waals surface area contributed by atoms with Crippen LogP contribution in [0.2, 0.25) is 0 Å². The number of halogens is 3. The number of urea groups is 1. The van der Waals surface area contributed by atoms with Crippen molar-refractivity contribution in [1.82, 2.24) is 20.6 Å². The number of hydrogen-bond donors (Lipinski definition) is 2. The number of nitrogens with zero attached hydrogens (tertiary/aromatic N) is 2. The van der Waals surface area contributed by atoms with Crippen LogP contribution in [0.15, 0.2) is 35.2 Å². The third kappa shape index (κ3) is 5.11. The first-order valence-electron chi connectivity index (χ1n) is 8.42. The molecule has 2 N–H and O–H groups in total. The molecule has 2 aromatic rings. The monoisotopic (exact) mass is 384 g/mol. The molecular weight excluding hydrogens is 365 g/mol. The van der Waals surface area contributed by atoms with Gasteiger partial charge >= 0.3 is 12.2 Å². The van der Waals surface area contributed by atoms with E-state index in [1.54, 1.807) is 12.1 Å². The molecule has 1 aliphatic rings. The topological polar surface area (TPSA) is 89.3 Å². The van der Waals surface area contributed by atoms with Gasteiger partial charge in [0.05, 0.1) is 11.6 Å². The molecule has 2 heterocycles. The van der Waals surface area contributed by atoms with Gasteiger partial charge in [-0.25, -0.2) is 14.8 Å². The maximum absolute atomic E-state index is 12.8. The SMILES string of the molecule is O=C(NCCC1(C(F)(F)F)CC1)NCc1ccnc(OCc2ncco2)c1. The smallest absolute Gasteiger partial charge is 0.394 e. The van der Waals surface area contributed by atoms with E-state index >= 15 is 0 Å². The summed E-state index contributed by atoms with van der Waals surface area (Å²) in [6.45, 7) is 0.290. The highest BCUT2D eigenvalue weighted by molar-refractivity contribution is 5.73. The van der Waals surface area contributed by atoms with Crippen LogP contribution in [-0.4, -0.2) is 28.7 Å². The first-order chi connectivity index (χ1) is 12.9. The molecule has 27 heavy (non-hydrogen) atoms. The van der Waals surface area contributed by atoms with E-state index in [1.165, 1.54) is 18.7 Å². The normalized spacial score (nSPS) is 15.2. The maximum atomic E-state index is 12.8. The van der Waals surface area contributed by atoms with Crippen molar-refractivity contribution in [3.8, 4) is 5.88 Å². The second kappa shape index (κ2) is 7.85. The van der Waals surface area contributed by atoms with Gasteiger partial charge in [0.15, 0.2) is 6.61 Å². The highest BCUT2D eigenvalue weighted by Gasteiger charge is 2.62. The zero-order chi connectivity index (χ0) is 19.3. The van der Waals surface area contributed by atoms with Crippen LogP contribution in [0.4, 0.5) is 18.0 Å². The van der Waals surface area contributed by atoms with Crippen molar-refractivity contribution in [2.45, 2.75) is 38.6 Å². The van der Waals surface area contributed by atoms with Crippen LogP contribution in [0.3, 0.4) is 0 Å². The molecule has 0 radical (unpaired) electrons. The third-order valence-electron chi connectivity index (χ3n) is 4.42. The van der Waals surface area contributed by atoms with E-state index < -0.39 is 17.6 Å². The molecule has 0 saturated heterocycles. The lowest BCUT2D eigenvalue weighted by Crippen LogP contribution is -2.37. The summed E-state index contributed by atoms with van der Waals surface area (Å²) in [6.07, 6.45) is 0.428. The molecule has 1 fully saturated rings. The molecule has 7 nitrogen and oxygen atoms in total. The molecule has 0 aromatic carbocycles. The Labute approximate surface area is 153 Å². The summed E-state index contributed by atoms with van der Waals surface area (Å²) in [5.74, 6) is 0.751. The van der Waals surface area contributed by atoms with Gasteiger partial charge in [0, 0.05) is 25.4 Å². The lowest BCUT2D eigenvalue weighted by atomic mass is 10.0. The average molecular weight is 384 g/mol. The van der Waals surface area contributed by atoms with E-state index in [4.69, 9.17) is 9.15 Å². The van der Waals surface area contributed by atoms with Gasteiger partial charge in [-0.1, -0.05) is 0 Å². The van der Waals surface area contributed by atoms with Crippen molar-refractivity contribution < 1.29 is 27.1 Å². The van der Waals surface area contributed by atoms with E-state index in [0.717, 1.165) is 5.56 Å². The van der Waals surface area contributed by atoms with Crippen molar-refractivity contribution in [3.05, 3.63) is 42.2 Å².